The highest BCUT2D eigenvalue weighted by Gasteiger charge is 2.03. The van der Waals surface area contributed by atoms with Gasteiger partial charge >= 0.3 is 0 Å². The van der Waals surface area contributed by atoms with Crippen LogP contribution in [0.2, 0.25) is 0 Å². The van der Waals surface area contributed by atoms with Gasteiger partial charge in [0.1, 0.15) is 0 Å². The maximum atomic E-state index is 4.70. The quantitative estimate of drug-likeness (QED) is 0.461. The van der Waals surface area contributed by atoms with Gasteiger partial charge in [0.2, 0.25) is 0 Å². The molecule has 0 bridgehead atoms. The van der Waals surface area contributed by atoms with E-state index in [0.717, 1.165) is 31.2 Å². The van der Waals surface area contributed by atoms with Crippen LogP contribution in [0.1, 0.15) is 41.5 Å². The number of benzene rings is 1. The number of rotatable bonds is 7. The summed E-state index contributed by atoms with van der Waals surface area (Å²) in [4.78, 5) is 10.2. The third kappa shape index (κ3) is 6.02. The highest BCUT2D eigenvalue weighted by Crippen LogP contribution is 2.11. The zero-order valence-corrected chi connectivity index (χ0v) is 15.0. The molecule has 124 valence electrons. The lowest BCUT2D eigenvalue weighted by molar-refractivity contribution is 0.725. The van der Waals surface area contributed by atoms with Crippen LogP contribution in [-0.4, -0.2) is 17.5 Å². The van der Waals surface area contributed by atoms with Crippen molar-refractivity contribution in [3.8, 4) is 0 Å². The predicted octanol–water partition coefficient (Wildman–Crippen LogP) is 3.80. The molecule has 0 fully saturated rings. The molecule has 0 aliphatic carbocycles. The zero-order chi connectivity index (χ0) is 16.5. The number of hydrogen-bond donors (Lipinski definition) is 2. The van der Waals surface area contributed by atoms with E-state index in [4.69, 9.17) is 4.99 Å². The van der Waals surface area contributed by atoms with Gasteiger partial charge in [0.25, 0.3) is 0 Å². The number of aromatic nitrogens is 1. The Labute approximate surface area is 143 Å². The number of unbranched alkanes of at least 4 members (excludes halogenated alkanes) is 1. The van der Waals surface area contributed by atoms with Gasteiger partial charge in [-0.15, -0.1) is 11.3 Å². The summed E-state index contributed by atoms with van der Waals surface area (Å²) in [5.41, 5.74) is 5.48. The van der Waals surface area contributed by atoms with E-state index in [0.29, 0.717) is 6.54 Å². The van der Waals surface area contributed by atoms with Gasteiger partial charge in [-0.25, -0.2) is 9.98 Å². The number of hydrogen-bond acceptors (Lipinski definition) is 3. The van der Waals surface area contributed by atoms with E-state index >= 15 is 0 Å². The Morgan fingerprint density at radius 3 is 2.61 bits per heavy atom. The topological polar surface area (TPSA) is 49.3 Å². The molecule has 1 aromatic carbocycles. The summed E-state index contributed by atoms with van der Waals surface area (Å²) in [6.07, 6.45) is 2.32. The van der Waals surface area contributed by atoms with Gasteiger partial charge < -0.3 is 10.6 Å². The van der Waals surface area contributed by atoms with Crippen LogP contribution in [0.25, 0.3) is 0 Å². The fourth-order valence-electron chi connectivity index (χ4n) is 2.08. The van der Waals surface area contributed by atoms with Crippen LogP contribution in [0.15, 0.2) is 34.8 Å². The van der Waals surface area contributed by atoms with Gasteiger partial charge in [-0.3, -0.25) is 0 Å². The number of aliphatic imine (C=N–C) groups is 1. The van der Waals surface area contributed by atoms with Gasteiger partial charge in [0.05, 0.1) is 24.3 Å². The highest BCUT2D eigenvalue weighted by molar-refractivity contribution is 7.09. The molecule has 0 unspecified atom stereocenters. The Morgan fingerprint density at radius 1 is 1.17 bits per heavy atom. The Bertz CT molecular complexity index is 616. The number of nitrogens with one attached hydrogen (secondary N) is 2. The number of aryl methyl sites for hydroxylation is 2. The molecule has 5 heteroatoms. The third-order valence-corrected chi connectivity index (χ3v) is 4.56. The second-order valence-electron chi connectivity index (χ2n) is 5.65. The van der Waals surface area contributed by atoms with Crippen LogP contribution in [-0.2, 0) is 13.1 Å². The number of guanidine groups is 1. The molecule has 0 saturated heterocycles. The predicted molar refractivity (Wildman–Crippen MR) is 98.9 cm³/mol. The minimum Gasteiger partial charge on any atom is -0.356 e. The van der Waals surface area contributed by atoms with Crippen LogP contribution in [0.4, 0.5) is 0 Å². The van der Waals surface area contributed by atoms with Crippen molar-refractivity contribution in [3.63, 3.8) is 0 Å². The Hall–Kier alpha value is -1.88. The fraction of sp³-hybridized carbons (Fsp3) is 0.444. The maximum absolute atomic E-state index is 4.70. The Kier molecular flexibility index (Phi) is 7.07. The minimum atomic E-state index is 0.684. The van der Waals surface area contributed by atoms with Gasteiger partial charge in [-0.1, -0.05) is 43.2 Å². The summed E-state index contributed by atoms with van der Waals surface area (Å²) in [5, 5.41) is 6.82. The second kappa shape index (κ2) is 9.30. The number of thiazole rings is 1. The summed E-state index contributed by atoms with van der Waals surface area (Å²) in [7, 11) is 0. The SMILES string of the molecule is CCCCNC(=NCc1ccc(C)cc1)NCc1scnc1C. The summed E-state index contributed by atoms with van der Waals surface area (Å²) < 4.78 is 0. The van der Waals surface area contributed by atoms with Crippen molar-refractivity contribution < 1.29 is 0 Å². The van der Waals surface area contributed by atoms with Crippen LogP contribution < -0.4 is 10.6 Å². The fourth-order valence-corrected chi connectivity index (χ4v) is 2.80. The molecule has 2 rings (SSSR count). The van der Waals surface area contributed by atoms with E-state index in [2.05, 4.69) is 53.7 Å². The summed E-state index contributed by atoms with van der Waals surface area (Å²) in [6, 6.07) is 8.53. The highest BCUT2D eigenvalue weighted by atomic mass is 32.1. The Balaban J connectivity index is 1.95. The first-order chi connectivity index (χ1) is 11.2. The molecule has 0 aliphatic rings. The van der Waals surface area contributed by atoms with E-state index < -0.39 is 0 Å². The lowest BCUT2D eigenvalue weighted by Crippen LogP contribution is -2.37. The van der Waals surface area contributed by atoms with E-state index in [-0.39, 0.29) is 0 Å². The molecule has 0 saturated carbocycles. The van der Waals surface area contributed by atoms with Crippen LogP contribution in [0.3, 0.4) is 0 Å². The van der Waals surface area contributed by atoms with E-state index in [1.165, 1.54) is 22.4 Å². The van der Waals surface area contributed by atoms with Gasteiger partial charge in [-0.2, -0.15) is 0 Å². The average Bonchev–Trinajstić information content (AvgIpc) is 2.96. The van der Waals surface area contributed by atoms with Crippen LogP contribution in [0.5, 0.6) is 0 Å². The van der Waals surface area contributed by atoms with Crippen molar-refractivity contribution in [2.45, 2.75) is 46.7 Å². The molecule has 0 amide bonds. The molecular formula is C18H26N4S. The first kappa shape index (κ1) is 17.5. The van der Waals surface area contributed by atoms with E-state index in [1.807, 2.05) is 12.4 Å². The molecule has 2 N–H and O–H groups in total. The molecule has 0 aliphatic heterocycles. The molecule has 0 radical (unpaired) electrons. The van der Waals surface area contributed by atoms with Crippen LogP contribution in [0, 0.1) is 13.8 Å². The van der Waals surface area contributed by atoms with E-state index in [1.54, 1.807) is 11.3 Å². The lowest BCUT2D eigenvalue weighted by atomic mass is 10.1. The van der Waals surface area contributed by atoms with Crippen LogP contribution >= 0.6 is 11.3 Å². The zero-order valence-electron chi connectivity index (χ0n) is 14.2. The molecule has 23 heavy (non-hydrogen) atoms. The van der Waals surface area contributed by atoms with Crippen molar-refractivity contribution in [2.24, 2.45) is 4.99 Å². The summed E-state index contributed by atoms with van der Waals surface area (Å²) in [6.45, 7) is 8.73. The first-order valence-electron chi connectivity index (χ1n) is 8.15. The van der Waals surface area contributed by atoms with Gasteiger partial charge in [0, 0.05) is 11.4 Å². The molecule has 4 nitrogen and oxygen atoms in total. The van der Waals surface area contributed by atoms with E-state index in [9.17, 15) is 0 Å². The van der Waals surface area contributed by atoms with Crippen molar-refractivity contribution in [3.05, 3.63) is 51.5 Å². The third-order valence-electron chi connectivity index (χ3n) is 3.62. The maximum Gasteiger partial charge on any atom is 0.191 e. The summed E-state index contributed by atoms with van der Waals surface area (Å²) in [5.74, 6) is 0.867. The van der Waals surface area contributed by atoms with Crippen molar-refractivity contribution in [2.75, 3.05) is 6.54 Å². The molecule has 2 aromatic rings. The normalized spacial score (nSPS) is 11.5. The first-order valence-corrected chi connectivity index (χ1v) is 9.03. The average molecular weight is 331 g/mol. The standard InChI is InChI=1S/C18H26N4S/c1-4-5-10-19-18(21-12-17-15(3)22-13-23-17)20-11-16-8-6-14(2)7-9-16/h6-9,13H,4-5,10-12H2,1-3H3,(H2,19,20,21). The number of nitrogens with zero attached hydrogens (tertiary/aromatic N) is 2. The van der Waals surface area contributed by atoms with Crippen molar-refractivity contribution >= 4 is 17.3 Å². The Morgan fingerprint density at radius 2 is 1.96 bits per heavy atom. The van der Waals surface area contributed by atoms with Crippen molar-refractivity contribution in [1.82, 2.24) is 15.6 Å². The molecule has 0 spiro atoms. The van der Waals surface area contributed by atoms with Gasteiger partial charge in [-0.05, 0) is 25.8 Å². The van der Waals surface area contributed by atoms with Crippen molar-refractivity contribution in [1.29, 1.82) is 0 Å². The lowest BCUT2D eigenvalue weighted by Gasteiger charge is -2.12. The monoisotopic (exact) mass is 330 g/mol. The molecular weight excluding hydrogens is 304 g/mol. The smallest absolute Gasteiger partial charge is 0.191 e. The summed E-state index contributed by atoms with van der Waals surface area (Å²) >= 11 is 1.68. The molecule has 0 atom stereocenters. The largest absolute Gasteiger partial charge is 0.356 e. The minimum absolute atomic E-state index is 0.684. The molecule has 1 heterocycles. The second-order valence-corrected chi connectivity index (χ2v) is 6.58. The van der Waals surface area contributed by atoms with Gasteiger partial charge in [0.15, 0.2) is 5.96 Å². The molecule has 1 aromatic heterocycles.